The van der Waals surface area contributed by atoms with Gasteiger partial charge in [0.15, 0.2) is 11.7 Å². The van der Waals surface area contributed by atoms with E-state index in [-0.39, 0.29) is 12.0 Å². The summed E-state index contributed by atoms with van der Waals surface area (Å²) >= 11 is 0. The van der Waals surface area contributed by atoms with E-state index in [4.69, 9.17) is 9.15 Å². The van der Waals surface area contributed by atoms with Crippen molar-refractivity contribution in [2.75, 3.05) is 6.54 Å². The van der Waals surface area contributed by atoms with Crippen molar-refractivity contribution in [1.29, 1.82) is 0 Å². The van der Waals surface area contributed by atoms with Crippen molar-refractivity contribution in [3.05, 3.63) is 72.2 Å². The molecule has 5 nitrogen and oxygen atoms in total. The number of rotatable bonds is 7. The first-order valence-corrected chi connectivity index (χ1v) is 9.29. The molecular formula is C22H22N2O3. The number of nitrogens with one attached hydrogen (secondary N) is 1. The van der Waals surface area contributed by atoms with Gasteiger partial charge < -0.3 is 14.5 Å². The first kappa shape index (κ1) is 17.3. The average Bonchev–Trinajstić information content (AvgIpc) is 3.34. The second-order valence-corrected chi connectivity index (χ2v) is 6.69. The molecule has 0 spiro atoms. The Kier molecular flexibility index (Phi) is 5.19. The number of ether oxygens (including phenoxy) is 1. The van der Waals surface area contributed by atoms with Crippen LogP contribution in [0.5, 0.6) is 5.75 Å². The second-order valence-electron chi connectivity index (χ2n) is 6.69. The molecule has 5 heteroatoms. The third-order valence-corrected chi connectivity index (χ3v) is 4.65. The van der Waals surface area contributed by atoms with Crippen molar-refractivity contribution >= 4 is 5.91 Å². The molecule has 1 amide bonds. The summed E-state index contributed by atoms with van der Waals surface area (Å²) in [4.78, 5) is 16.4. The van der Waals surface area contributed by atoms with E-state index in [1.54, 1.807) is 6.20 Å². The highest BCUT2D eigenvalue weighted by Gasteiger charge is 2.22. The van der Waals surface area contributed by atoms with Gasteiger partial charge in [-0.25, -0.2) is 4.98 Å². The van der Waals surface area contributed by atoms with Gasteiger partial charge in [0, 0.05) is 24.8 Å². The molecule has 0 radical (unpaired) electrons. The molecule has 1 aromatic heterocycles. The smallest absolute Gasteiger partial charge is 0.220 e. The lowest BCUT2D eigenvalue weighted by Gasteiger charge is -2.11. The number of fused-ring (bicyclic) bond motifs is 1. The number of amides is 1. The lowest BCUT2D eigenvalue weighted by Crippen LogP contribution is -2.34. The summed E-state index contributed by atoms with van der Waals surface area (Å²) in [5.41, 5.74) is 2.21. The number of carbonyl (C=O) groups is 1. The number of nitrogens with zero attached hydrogens (tertiary/aromatic N) is 1. The van der Waals surface area contributed by atoms with E-state index >= 15 is 0 Å². The standard InChI is InChI=1S/C22H22N2O3/c25-21(23-14-18-13-17-9-4-5-10-19(17)26-18)11-6-12-22-24-15-20(27-22)16-7-2-1-3-8-16/h1-5,7-10,15,18H,6,11-14H2,(H,23,25). The predicted molar refractivity (Wildman–Crippen MR) is 102 cm³/mol. The summed E-state index contributed by atoms with van der Waals surface area (Å²) in [5, 5.41) is 2.96. The van der Waals surface area contributed by atoms with Crippen LogP contribution < -0.4 is 10.1 Å². The highest BCUT2D eigenvalue weighted by molar-refractivity contribution is 5.75. The minimum Gasteiger partial charge on any atom is -0.488 e. The van der Waals surface area contributed by atoms with Crippen molar-refractivity contribution in [3.63, 3.8) is 0 Å². The van der Waals surface area contributed by atoms with Crippen molar-refractivity contribution in [2.45, 2.75) is 31.8 Å². The minimum atomic E-state index is 0.0199. The molecule has 27 heavy (non-hydrogen) atoms. The van der Waals surface area contributed by atoms with Gasteiger partial charge in [-0.3, -0.25) is 4.79 Å². The van der Waals surface area contributed by atoms with Crippen LogP contribution in [0.15, 0.2) is 65.2 Å². The summed E-state index contributed by atoms with van der Waals surface area (Å²) < 4.78 is 11.6. The van der Waals surface area contributed by atoms with Crippen LogP contribution in [0, 0.1) is 0 Å². The number of benzene rings is 2. The maximum absolute atomic E-state index is 12.1. The maximum atomic E-state index is 12.1. The predicted octanol–water partition coefficient (Wildman–Crippen LogP) is 3.78. The fourth-order valence-corrected chi connectivity index (χ4v) is 3.25. The Hall–Kier alpha value is -3.08. The van der Waals surface area contributed by atoms with E-state index in [9.17, 15) is 4.79 Å². The van der Waals surface area contributed by atoms with Gasteiger partial charge in [-0.2, -0.15) is 0 Å². The molecule has 3 aromatic rings. The van der Waals surface area contributed by atoms with Crippen LogP contribution in [0.4, 0.5) is 0 Å². The van der Waals surface area contributed by atoms with Crippen molar-refractivity contribution < 1.29 is 13.9 Å². The van der Waals surface area contributed by atoms with Gasteiger partial charge in [-0.05, 0) is 18.1 Å². The Morgan fingerprint density at radius 1 is 1.11 bits per heavy atom. The summed E-state index contributed by atoms with van der Waals surface area (Å²) in [5.74, 6) is 2.38. The Morgan fingerprint density at radius 2 is 1.93 bits per heavy atom. The molecule has 1 aliphatic rings. The van der Waals surface area contributed by atoms with Gasteiger partial charge in [-0.15, -0.1) is 0 Å². The summed E-state index contributed by atoms with van der Waals surface area (Å²) in [6, 6.07) is 17.9. The van der Waals surface area contributed by atoms with Crippen molar-refractivity contribution in [3.8, 4) is 17.1 Å². The maximum Gasteiger partial charge on any atom is 0.220 e. The molecule has 0 fully saturated rings. The third-order valence-electron chi connectivity index (χ3n) is 4.65. The summed E-state index contributed by atoms with van der Waals surface area (Å²) in [6.45, 7) is 0.532. The fraction of sp³-hybridized carbons (Fsp3) is 0.273. The normalized spacial score (nSPS) is 15.2. The lowest BCUT2D eigenvalue weighted by atomic mass is 10.1. The zero-order valence-electron chi connectivity index (χ0n) is 15.1. The van der Waals surface area contributed by atoms with Gasteiger partial charge in [-0.1, -0.05) is 48.5 Å². The zero-order chi connectivity index (χ0) is 18.5. The average molecular weight is 362 g/mol. The van der Waals surface area contributed by atoms with Crippen LogP contribution in [0.25, 0.3) is 11.3 Å². The van der Waals surface area contributed by atoms with Crippen LogP contribution in [0.3, 0.4) is 0 Å². The van der Waals surface area contributed by atoms with Gasteiger partial charge in [0.05, 0.1) is 12.7 Å². The molecule has 4 rings (SSSR count). The number of hydrogen-bond acceptors (Lipinski definition) is 4. The van der Waals surface area contributed by atoms with Crippen LogP contribution in [0.1, 0.15) is 24.3 Å². The minimum absolute atomic E-state index is 0.0199. The number of hydrogen-bond donors (Lipinski definition) is 1. The number of aromatic nitrogens is 1. The first-order chi connectivity index (χ1) is 13.3. The molecule has 1 atom stereocenters. The molecule has 0 aliphatic carbocycles. The van der Waals surface area contributed by atoms with Crippen molar-refractivity contribution in [1.82, 2.24) is 10.3 Å². The molecule has 2 aromatic carbocycles. The van der Waals surface area contributed by atoms with E-state index in [0.29, 0.717) is 31.7 Å². The Labute approximate surface area is 158 Å². The second kappa shape index (κ2) is 8.08. The van der Waals surface area contributed by atoms with E-state index in [2.05, 4.69) is 16.4 Å². The summed E-state index contributed by atoms with van der Waals surface area (Å²) in [6.07, 6.45) is 4.39. The van der Waals surface area contributed by atoms with Gasteiger partial charge in [0.1, 0.15) is 11.9 Å². The highest BCUT2D eigenvalue weighted by Crippen LogP contribution is 2.27. The fourth-order valence-electron chi connectivity index (χ4n) is 3.25. The molecule has 0 saturated carbocycles. The Bertz CT molecular complexity index is 880. The van der Waals surface area contributed by atoms with Crippen LogP contribution in [-0.2, 0) is 17.6 Å². The topological polar surface area (TPSA) is 64.4 Å². The number of para-hydroxylation sites is 1. The number of oxazole rings is 1. The monoisotopic (exact) mass is 362 g/mol. The van der Waals surface area contributed by atoms with E-state index < -0.39 is 0 Å². The lowest BCUT2D eigenvalue weighted by molar-refractivity contribution is -0.121. The van der Waals surface area contributed by atoms with Gasteiger partial charge in [0.2, 0.25) is 5.91 Å². The number of aryl methyl sites for hydroxylation is 1. The highest BCUT2D eigenvalue weighted by atomic mass is 16.5. The largest absolute Gasteiger partial charge is 0.488 e. The van der Waals surface area contributed by atoms with Gasteiger partial charge in [0.25, 0.3) is 0 Å². The van der Waals surface area contributed by atoms with E-state index in [1.165, 1.54) is 5.56 Å². The Morgan fingerprint density at radius 3 is 2.78 bits per heavy atom. The van der Waals surface area contributed by atoms with Crippen LogP contribution >= 0.6 is 0 Å². The van der Waals surface area contributed by atoms with E-state index in [0.717, 1.165) is 23.5 Å². The van der Waals surface area contributed by atoms with E-state index in [1.807, 2.05) is 48.5 Å². The van der Waals surface area contributed by atoms with Crippen molar-refractivity contribution in [2.24, 2.45) is 0 Å². The molecule has 2 heterocycles. The van der Waals surface area contributed by atoms with Crippen LogP contribution in [-0.4, -0.2) is 23.5 Å². The van der Waals surface area contributed by atoms with Gasteiger partial charge >= 0.3 is 0 Å². The third kappa shape index (κ3) is 4.37. The molecule has 1 N–H and O–H groups in total. The molecule has 1 aliphatic heterocycles. The first-order valence-electron chi connectivity index (χ1n) is 9.29. The number of carbonyl (C=O) groups excluding carboxylic acids is 1. The molecular weight excluding hydrogens is 340 g/mol. The molecule has 0 bridgehead atoms. The van der Waals surface area contributed by atoms with Crippen LogP contribution in [0.2, 0.25) is 0 Å². The zero-order valence-corrected chi connectivity index (χ0v) is 15.1. The molecule has 138 valence electrons. The quantitative estimate of drug-likeness (QED) is 0.695. The summed E-state index contributed by atoms with van der Waals surface area (Å²) in [7, 11) is 0. The Balaban J connectivity index is 1.18. The SMILES string of the molecule is O=C(CCCc1ncc(-c2ccccc2)o1)NCC1Cc2ccccc2O1. The molecule has 1 unspecified atom stereocenters. The molecule has 0 saturated heterocycles.